The topological polar surface area (TPSA) is 73.2 Å². The summed E-state index contributed by atoms with van der Waals surface area (Å²) in [6.07, 6.45) is 2.45. The standard InChI is InChI=1S/C21H25FN2O2/c1-14-9-17(12-18(22)10-14)21(2,3)13-24-19-7-6-16(20(25)26)11-15(19)5-4-8-23/h6-12,23-24H,4-5,13H2,1-3H3,(H,25,26). The van der Waals surface area contributed by atoms with E-state index in [1.807, 2.05) is 26.8 Å². The maximum atomic E-state index is 13.7. The molecule has 0 aromatic heterocycles. The molecule has 0 aliphatic carbocycles. The Morgan fingerprint density at radius 2 is 2.00 bits per heavy atom. The molecule has 2 aromatic carbocycles. The van der Waals surface area contributed by atoms with Crippen molar-refractivity contribution in [3.8, 4) is 0 Å². The van der Waals surface area contributed by atoms with Crippen LogP contribution in [0, 0.1) is 18.2 Å². The van der Waals surface area contributed by atoms with E-state index in [-0.39, 0.29) is 16.8 Å². The SMILES string of the molecule is Cc1cc(F)cc(C(C)(C)CNc2ccc(C(=O)O)cc2CCC=N)c1. The number of hydrogen-bond acceptors (Lipinski definition) is 3. The molecule has 0 aliphatic rings. The highest BCUT2D eigenvalue weighted by molar-refractivity contribution is 5.88. The Hall–Kier alpha value is -2.69. The Bertz CT molecular complexity index is 795. The van der Waals surface area contributed by atoms with Crippen LogP contribution in [0.5, 0.6) is 0 Å². The van der Waals surface area contributed by atoms with Gasteiger partial charge in [-0.15, -0.1) is 0 Å². The van der Waals surface area contributed by atoms with Gasteiger partial charge in [-0.1, -0.05) is 19.9 Å². The molecule has 26 heavy (non-hydrogen) atoms. The highest BCUT2D eigenvalue weighted by Gasteiger charge is 2.22. The summed E-state index contributed by atoms with van der Waals surface area (Å²) >= 11 is 0. The molecule has 0 unspecified atom stereocenters. The first-order valence-electron chi connectivity index (χ1n) is 8.59. The molecular weight excluding hydrogens is 331 g/mol. The molecule has 0 radical (unpaired) electrons. The summed E-state index contributed by atoms with van der Waals surface area (Å²) in [6, 6.07) is 10.0. The van der Waals surface area contributed by atoms with Gasteiger partial charge in [-0.05, 0) is 73.0 Å². The van der Waals surface area contributed by atoms with E-state index in [2.05, 4.69) is 5.32 Å². The van der Waals surface area contributed by atoms with Crippen LogP contribution in [0.3, 0.4) is 0 Å². The third kappa shape index (κ3) is 4.91. The minimum Gasteiger partial charge on any atom is -0.478 e. The second-order valence-electron chi connectivity index (χ2n) is 7.17. The predicted molar refractivity (Wildman–Crippen MR) is 103 cm³/mol. The Kier molecular flexibility index (Phi) is 6.14. The lowest BCUT2D eigenvalue weighted by atomic mass is 9.83. The van der Waals surface area contributed by atoms with Crippen LogP contribution in [0.1, 0.15) is 47.3 Å². The Balaban J connectivity index is 2.23. The van der Waals surface area contributed by atoms with Crippen LogP contribution >= 0.6 is 0 Å². The van der Waals surface area contributed by atoms with E-state index in [1.165, 1.54) is 12.3 Å². The molecule has 0 saturated heterocycles. The third-order valence-corrected chi connectivity index (χ3v) is 4.45. The van der Waals surface area contributed by atoms with Crippen molar-refractivity contribution in [2.75, 3.05) is 11.9 Å². The maximum Gasteiger partial charge on any atom is 0.335 e. The van der Waals surface area contributed by atoms with E-state index >= 15 is 0 Å². The van der Waals surface area contributed by atoms with Gasteiger partial charge in [0.05, 0.1) is 5.56 Å². The largest absolute Gasteiger partial charge is 0.478 e. The van der Waals surface area contributed by atoms with Gasteiger partial charge >= 0.3 is 5.97 Å². The number of carbonyl (C=O) groups is 1. The molecule has 0 bridgehead atoms. The van der Waals surface area contributed by atoms with Crippen LogP contribution in [0.2, 0.25) is 0 Å². The molecular formula is C21H25FN2O2. The van der Waals surface area contributed by atoms with Gasteiger partial charge in [-0.25, -0.2) is 9.18 Å². The molecule has 3 N–H and O–H groups in total. The van der Waals surface area contributed by atoms with Gasteiger partial charge in [-0.3, -0.25) is 0 Å². The van der Waals surface area contributed by atoms with Gasteiger partial charge in [0.1, 0.15) is 5.82 Å². The Morgan fingerprint density at radius 3 is 2.62 bits per heavy atom. The second kappa shape index (κ2) is 8.13. The lowest BCUT2D eigenvalue weighted by Crippen LogP contribution is -2.28. The van der Waals surface area contributed by atoms with Crippen molar-refractivity contribution in [1.29, 1.82) is 5.41 Å². The van der Waals surface area contributed by atoms with Crippen LogP contribution in [0.4, 0.5) is 10.1 Å². The fraction of sp³-hybridized carbons (Fsp3) is 0.333. The first kappa shape index (κ1) is 19.6. The lowest BCUT2D eigenvalue weighted by Gasteiger charge is -2.27. The van der Waals surface area contributed by atoms with Crippen LogP contribution in [0.15, 0.2) is 36.4 Å². The van der Waals surface area contributed by atoms with E-state index in [0.29, 0.717) is 19.4 Å². The predicted octanol–water partition coefficient (Wildman–Crippen LogP) is 4.80. The van der Waals surface area contributed by atoms with Crippen molar-refractivity contribution in [1.82, 2.24) is 0 Å². The molecule has 0 saturated carbocycles. The van der Waals surface area contributed by atoms with E-state index in [0.717, 1.165) is 22.4 Å². The zero-order valence-corrected chi connectivity index (χ0v) is 15.4. The number of rotatable bonds is 8. The van der Waals surface area contributed by atoms with Gasteiger partial charge in [-0.2, -0.15) is 0 Å². The molecule has 0 heterocycles. The summed E-state index contributed by atoms with van der Waals surface area (Å²) < 4.78 is 13.7. The summed E-state index contributed by atoms with van der Waals surface area (Å²) in [6.45, 7) is 6.52. The number of carboxylic acid groups (broad SMARTS) is 1. The lowest BCUT2D eigenvalue weighted by molar-refractivity contribution is 0.0697. The van der Waals surface area contributed by atoms with Crippen molar-refractivity contribution in [3.63, 3.8) is 0 Å². The van der Waals surface area contributed by atoms with Crippen molar-refractivity contribution >= 4 is 17.9 Å². The average Bonchev–Trinajstić information content (AvgIpc) is 2.57. The highest BCUT2D eigenvalue weighted by Crippen LogP contribution is 2.27. The quantitative estimate of drug-likeness (QED) is 0.595. The van der Waals surface area contributed by atoms with Crippen LogP contribution in [-0.4, -0.2) is 23.8 Å². The first-order valence-corrected chi connectivity index (χ1v) is 8.59. The number of anilines is 1. The molecule has 0 atom stereocenters. The fourth-order valence-corrected chi connectivity index (χ4v) is 2.88. The summed E-state index contributed by atoms with van der Waals surface area (Å²) in [5.41, 5.74) is 3.42. The molecule has 138 valence electrons. The third-order valence-electron chi connectivity index (χ3n) is 4.45. The highest BCUT2D eigenvalue weighted by atomic mass is 19.1. The summed E-state index contributed by atoms with van der Waals surface area (Å²) in [4.78, 5) is 11.2. The summed E-state index contributed by atoms with van der Waals surface area (Å²) in [7, 11) is 0. The van der Waals surface area contributed by atoms with Gasteiger partial charge in [0.2, 0.25) is 0 Å². The molecule has 2 aromatic rings. The Morgan fingerprint density at radius 1 is 1.27 bits per heavy atom. The van der Waals surface area contributed by atoms with Crippen LogP contribution in [0.25, 0.3) is 0 Å². The molecule has 0 aliphatic heterocycles. The van der Waals surface area contributed by atoms with Crippen LogP contribution in [-0.2, 0) is 11.8 Å². The zero-order chi connectivity index (χ0) is 19.3. The number of benzene rings is 2. The normalized spacial score (nSPS) is 11.2. The van der Waals surface area contributed by atoms with Crippen molar-refractivity contribution in [2.24, 2.45) is 0 Å². The fourth-order valence-electron chi connectivity index (χ4n) is 2.88. The molecule has 4 nitrogen and oxygen atoms in total. The molecule has 5 heteroatoms. The number of nitrogens with one attached hydrogen (secondary N) is 2. The van der Waals surface area contributed by atoms with Crippen molar-refractivity contribution < 1.29 is 14.3 Å². The van der Waals surface area contributed by atoms with E-state index < -0.39 is 5.97 Å². The smallest absolute Gasteiger partial charge is 0.335 e. The minimum absolute atomic E-state index is 0.232. The van der Waals surface area contributed by atoms with E-state index in [1.54, 1.807) is 24.3 Å². The molecule has 0 amide bonds. The van der Waals surface area contributed by atoms with E-state index in [4.69, 9.17) is 5.41 Å². The number of halogens is 1. The maximum absolute atomic E-state index is 13.7. The van der Waals surface area contributed by atoms with Crippen LogP contribution < -0.4 is 5.32 Å². The Labute approximate surface area is 153 Å². The summed E-state index contributed by atoms with van der Waals surface area (Å²) in [5, 5.41) is 19.8. The minimum atomic E-state index is -0.969. The van der Waals surface area contributed by atoms with Crippen molar-refractivity contribution in [2.45, 2.75) is 39.0 Å². The second-order valence-corrected chi connectivity index (χ2v) is 7.17. The number of aryl methyl sites for hydroxylation is 2. The molecule has 2 rings (SSSR count). The zero-order valence-electron chi connectivity index (χ0n) is 15.4. The van der Waals surface area contributed by atoms with Gasteiger partial charge in [0.15, 0.2) is 0 Å². The van der Waals surface area contributed by atoms with Gasteiger partial charge < -0.3 is 15.8 Å². The molecule has 0 spiro atoms. The number of aromatic carboxylic acids is 1. The monoisotopic (exact) mass is 356 g/mol. The summed E-state index contributed by atoms with van der Waals surface area (Å²) in [5.74, 6) is -1.21. The average molecular weight is 356 g/mol. The van der Waals surface area contributed by atoms with Crippen molar-refractivity contribution in [3.05, 3.63) is 64.5 Å². The number of hydrogen-bond donors (Lipinski definition) is 3. The van der Waals surface area contributed by atoms with E-state index in [9.17, 15) is 14.3 Å². The molecule has 0 fully saturated rings. The van der Waals surface area contributed by atoms with Gasteiger partial charge in [0, 0.05) is 17.6 Å². The number of carboxylic acids is 1. The van der Waals surface area contributed by atoms with Gasteiger partial charge in [0.25, 0.3) is 0 Å². The first-order chi connectivity index (χ1) is 12.2.